The van der Waals surface area contributed by atoms with Crippen LogP contribution in [0, 0.1) is 13.8 Å². The highest BCUT2D eigenvalue weighted by molar-refractivity contribution is 8.14. The topological polar surface area (TPSA) is 50.3 Å². The first-order valence-corrected chi connectivity index (χ1v) is 5.96. The Morgan fingerprint density at radius 3 is 2.44 bits per heavy atom. The normalized spacial score (nSPS) is 16.0. The average molecular weight is 236 g/mol. The molecule has 0 atom stereocenters. The lowest BCUT2D eigenvalue weighted by Gasteiger charge is -2.13. The molecule has 0 aliphatic carbocycles. The van der Waals surface area contributed by atoms with Crippen molar-refractivity contribution in [2.24, 2.45) is 0 Å². The molecule has 4 nitrogen and oxygen atoms in total. The monoisotopic (exact) mass is 236 g/mol. The van der Waals surface area contributed by atoms with Gasteiger partial charge >= 0.3 is 0 Å². The van der Waals surface area contributed by atoms with E-state index in [-0.39, 0.29) is 16.9 Å². The molecular weight excluding hydrogens is 224 g/mol. The Labute approximate surface area is 98.0 Å². The smallest absolute Gasteiger partial charge is 0.273 e. The Balaban J connectivity index is 2.20. The highest BCUT2D eigenvalue weighted by Crippen LogP contribution is 2.21. The number of carbonyl (C=O) groups is 2. The van der Waals surface area contributed by atoms with E-state index in [1.807, 2.05) is 26.0 Å². The van der Waals surface area contributed by atoms with E-state index in [1.165, 1.54) is 4.90 Å². The van der Waals surface area contributed by atoms with E-state index in [0.717, 1.165) is 28.7 Å². The summed E-state index contributed by atoms with van der Waals surface area (Å²) < 4.78 is 0. The first-order valence-electron chi connectivity index (χ1n) is 4.97. The van der Waals surface area contributed by atoms with Gasteiger partial charge in [-0.1, -0.05) is 11.8 Å². The van der Waals surface area contributed by atoms with Crippen LogP contribution in [0.1, 0.15) is 17.0 Å². The number of amides is 2. The maximum absolute atomic E-state index is 11.4. The summed E-state index contributed by atoms with van der Waals surface area (Å²) in [5, 5.41) is -0.155. The molecule has 0 unspecified atom stereocenters. The highest BCUT2D eigenvalue weighted by Gasteiger charge is 2.29. The third kappa shape index (κ3) is 2.24. The summed E-state index contributed by atoms with van der Waals surface area (Å²) in [5.74, 6) is 0.157. The van der Waals surface area contributed by atoms with E-state index in [2.05, 4.69) is 4.98 Å². The second-order valence-corrected chi connectivity index (χ2v) is 4.72. The van der Waals surface area contributed by atoms with Gasteiger partial charge in [-0.25, -0.2) is 0 Å². The maximum atomic E-state index is 11.4. The fraction of sp³-hybridized carbons (Fsp3) is 0.364. The fourth-order valence-electron chi connectivity index (χ4n) is 1.73. The molecule has 84 valence electrons. The zero-order chi connectivity index (χ0) is 11.7. The van der Waals surface area contributed by atoms with Crippen LogP contribution < -0.4 is 0 Å². The lowest BCUT2D eigenvalue weighted by molar-refractivity contribution is -0.125. The number of rotatable bonds is 2. The molecule has 0 N–H and O–H groups in total. The standard InChI is InChI=1S/C11H12N2O2S/c1-7-3-9(4-8(2)12-7)5-13-10(14)6-16-11(13)15/h3-4H,5-6H2,1-2H3. The van der Waals surface area contributed by atoms with Crippen LogP contribution in [0.4, 0.5) is 4.79 Å². The van der Waals surface area contributed by atoms with Crippen LogP contribution in [0.5, 0.6) is 0 Å². The van der Waals surface area contributed by atoms with E-state index in [1.54, 1.807) is 0 Å². The third-order valence-corrected chi connectivity index (χ3v) is 3.18. The Hall–Kier alpha value is -1.36. The molecule has 0 spiro atoms. The van der Waals surface area contributed by atoms with Crippen LogP contribution in [0.2, 0.25) is 0 Å². The molecular formula is C11H12N2O2S. The van der Waals surface area contributed by atoms with Gasteiger partial charge in [-0.05, 0) is 31.5 Å². The zero-order valence-electron chi connectivity index (χ0n) is 9.19. The van der Waals surface area contributed by atoms with Crippen LogP contribution in [0.3, 0.4) is 0 Å². The van der Waals surface area contributed by atoms with Crippen LogP contribution in [0.15, 0.2) is 12.1 Å². The number of hydrogen-bond donors (Lipinski definition) is 0. The van der Waals surface area contributed by atoms with Crippen molar-refractivity contribution in [3.05, 3.63) is 29.1 Å². The van der Waals surface area contributed by atoms with E-state index in [9.17, 15) is 9.59 Å². The second-order valence-electron chi connectivity index (χ2n) is 3.79. The predicted octanol–water partition coefficient (Wildman–Crippen LogP) is 1.89. The minimum Gasteiger partial charge on any atom is -0.273 e. The van der Waals surface area contributed by atoms with Crippen LogP contribution in [0.25, 0.3) is 0 Å². The average Bonchev–Trinajstić information content (AvgIpc) is 2.48. The van der Waals surface area contributed by atoms with Crippen molar-refractivity contribution in [2.45, 2.75) is 20.4 Å². The summed E-state index contributed by atoms with van der Waals surface area (Å²) in [6.45, 7) is 4.16. The van der Waals surface area contributed by atoms with Gasteiger partial charge in [-0.2, -0.15) is 0 Å². The molecule has 0 saturated carbocycles. The molecule has 2 amide bonds. The molecule has 0 aromatic carbocycles. The van der Waals surface area contributed by atoms with Crippen LogP contribution >= 0.6 is 11.8 Å². The van der Waals surface area contributed by atoms with Crippen molar-refractivity contribution in [3.63, 3.8) is 0 Å². The predicted molar refractivity (Wildman–Crippen MR) is 62.1 cm³/mol. The summed E-state index contributed by atoms with van der Waals surface area (Å²) >= 11 is 1.06. The molecule has 1 saturated heterocycles. The van der Waals surface area contributed by atoms with E-state index in [4.69, 9.17) is 0 Å². The Morgan fingerprint density at radius 2 is 1.94 bits per heavy atom. The number of aromatic nitrogens is 1. The van der Waals surface area contributed by atoms with Gasteiger partial charge in [0, 0.05) is 11.4 Å². The van der Waals surface area contributed by atoms with Gasteiger partial charge in [0.2, 0.25) is 5.91 Å². The van der Waals surface area contributed by atoms with Gasteiger partial charge < -0.3 is 0 Å². The summed E-state index contributed by atoms with van der Waals surface area (Å²) in [5.41, 5.74) is 2.76. The van der Waals surface area contributed by atoms with Gasteiger partial charge in [0.05, 0.1) is 12.3 Å². The Bertz CT molecular complexity index is 423. The molecule has 1 aromatic heterocycles. The van der Waals surface area contributed by atoms with Gasteiger partial charge in [-0.15, -0.1) is 0 Å². The largest absolute Gasteiger partial charge is 0.289 e. The molecule has 1 aliphatic rings. The number of hydrogen-bond acceptors (Lipinski definition) is 4. The Kier molecular flexibility index (Phi) is 2.96. The molecule has 2 heterocycles. The molecule has 5 heteroatoms. The second kappa shape index (κ2) is 4.25. The number of aryl methyl sites for hydroxylation is 2. The first-order chi connectivity index (χ1) is 7.56. The summed E-state index contributed by atoms with van der Waals surface area (Å²) in [7, 11) is 0. The van der Waals surface area contributed by atoms with Gasteiger partial charge in [-0.3, -0.25) is 19.5 Å². The fourth-order valence-corrected chi connectivity index (χ4v) is 2.45. The van der Waals surface area contributed by atoms with E-state index >= 15 is 0 Å². The quantitative estimate of drug-likeness (QED) is 0.787. The first kappa shape index (κ1) is 11.1. The van der Waals surface area contributed by atoms with Crippen LogP contribution in [-0.2, 0) is 11.3 Å². The van der Waals surface area contributed by atoms with Crippen molar-refractivity contribution < 1.29 is 9.59 Å². The van der Waals surface area contributed by atoms with Crippen molar-refractivity contribution >= 4 is 22.9 Å². The van der Waals surface area contributed by atoms with E-state index < -0.39 is 0 Å². The molecule has 1 aromatic rings. The van der Waals surface area contributed by atoms with Crippen LogP contribution in [-0.4, -0.2) is 26.8 Å². The lowest BCUT2D eigenvalue weighted by Crippen LogP contribution is -2.28. The zero-order valence-corrected chi connectivity index (χ0v) is 10.0. The number of carbonyl (C=O) groups excluding carboxylic acids is 2. The molecule has 0 bridgehead atoms. The van der Waals surface area contributed by atoms with Crippen molar-refractivity contribution in [3.8, 4) is 0 Å². The van der Waals surface area contributed by atoms with Gasteiger partial charge in [0.1, 0.15) is 0 Å². The minimum absolute atomic E-state index is 0.109. The Morgan fingerprint density at radius 1 is 1.31 bits per heavy atom. The summed E-state index contributed by atoms with van der Waals surface area (Å²) in [6.07, 6.45) is 0. The number of nitrogens with zero attached hydrogens (tertiary/aromatic N) is 2. The maximum Gasteiger partial charge on any atom is 0.289 e. The van der Waals surface area contributed by atoms with Crippen molar-refractivity contribution in [1.82, 2.24) is 9.88 Å². The third-order valence-electron chi connectivity index (χ3n) is 2.32. The molecule has 1 fully saturated rings. The lowest BCUT2D eigenvalue weighted by atomic mass is 10.2. The summed E-state index contributed by atoms with van der Waals surface area (Å²) in [6, 6.07) is 3.80. The van der Waals surface area contributed by atoms with Gasteiger partial charge in [0.25, 0.3) is 5.24 Å². The number of imide groups is 1. The van der Waals surface area contributed by atoms with Crippen molar-refractivity contribution in [2.75, 3.05) is 5.75 Å². The summed E-state index contributed by atoms with van der Waals surface area (Å²) in [4.78, 5) is 28.4. The SMILES string of the molecule is Cc1cc(CN2C(=O)CSC2=O)cc(C)n1. The van der Waals surface area contributed by atoms with Gasteiger partial charge in [0.15, 0.2) is 0 Å². The number of pyridine rings is 1. The van der Waals surface area contributed by atoms with Crippen molar-refractivity contribution in [1.29, 1.82) is 0 Å². The molecule has 1 aliphatic heterocycles. The molecule has 16 heavy (non-hydrogen) atoms. The van der Waals surface area contributed by atoms with E-state index in [0.29, 0.717) is 6.54 Å². The highest BCUT2D eigenvalue weighted by atomic mass is 32.2. The molecule has 2 rings (SSSR count). The molecule has 0 radical (unpaired) electrons. The minimum atomic E-state index is -0.155. The number of thioether (sulfide) groups is 1.